The van der Waals surface area contributed by atoms with Gasteiger partial charge in [0.05, 0.1) is 12.0 Å². The third-order valence-corrected chi connectivity index (χ3v) is 4.68. The van der Waals surface area contributed by atoms with Crippen LogP contribution in [-0.4, -0.2) is 46.0 Å². The molecule has 0 spiro atoms. The van der Waals surface area contributed by atoms with Crippen molar-refractivity contribution in [3.8, 4) is 5.75 Å². The van der Waals surface area contributed by atoms with Gasteiger partial charge in [-0.1, -0.05) is 0 Å². The molecule has 0 saturated carbocycles. The van der Waals surface area contributed by atoms with Gasteiger partial charge in [-0.3, -0.25) is 0 Å². The summed E-state index contributed by atoms with van der Waals surface area (Å²) in [4.78, 5) is -0.989. The normalized spacial score (nSPS) is 15.1. The first-order valence-electron chi connectivity index (χ1n) is 5.60. The Balaban J connectivity index is 3.32. The molecule has 14 heteroatoms. The van der Waals surface area contributed by atoms with Crippen LogP contribution in [0.4, 0.5) is 22.0 Å². The fourth-order valence-electron chi connectivity index (χ4n) is 1.36. The van der Waals surface area contributed by atoms with Gasteiger partial charge in [0.25, 0.3) is 10.1 Å². The molecule has 0 bridgehead atoms. The van der Waals surface area contributed by atoms with Crippen molar-refractivity contribution in [1.82, 2.24) is 0 Å². The van der Waals surface area contributed by atoms with Crippen molar-refractivity contribution < 1.29 is 52.3 Å². The maximum Gasteiger partial charge on any atom is 0.423 e. The van der Waals surface area contributed by atoms with Gasteiger partial charge in [0.15, 0.2) is 10.1 Å². The van der Waals surface area contributed by atoms with Crippen LogP contribution in [0.5, 0.6) is 5.75 Å². The Kier molecular flexibility index (Phi) is 5.49. The van der Waals surface area contributed by atoms with Crippen molar-refractivity contribution in [2.24, 2.45) is 0 Å². The molecule has 0 aromatic heterocycles. The Morgan fingerprint density at radius 2 is 1.46 bits per heavy atom. The lowest BCUT2D eigenvalue weighted by molar-refractivity contribution is -0.238. The smallest absolute Gasteiger partial charge is 0.423 e. The molecule has 0 fully saturated rings. The molecular weight excluding hydrogens is 391 g/mol. The van der Waals surface area contributed by atoms with Crippen LogP contribution in [0.25, 0.3) is 0 Å². The lowest BCUT2D eigenvalue weighted by Crippen LogP contribution is -2.52. The Morgan fingerprint density at radius 3 is 1.79 bits per heavy atom. The second kappa shape index (κ2) is 6.42. The lowest BCUT2D eigenvalue weighted by Gasteiger charge is -2.29. The van der Waals surface area contributed by atoms with Crippen LogP contribution < -0.4 is 4.74 Å². The van der Waals surface area contributed by atoms with E-state index in [1.165, 1.54) is 7.11 Å². The molecule has 0 heterocycles. The zero-order chi connectivity index (χ0) is 19.0. The SMILES string of the molecule is COc1ccc(S(=O)(=O)OC(C(F)(F)F)C(F)(F)S(=O)(=O)[O-])cc1. The van der Waals surface area contributed by atoms with Crippen molar-refractivity contribution in [3.05, 3.63) is 24.3 Å². The van der Waals surface area contributed by atoms with Crippen LogP contribution in [0.3, 0.4) is 0 Å². The fraction of sp³-hybridized carbons (Fsp3) is 0.400. The topological polar surface area (TPSA) is 110 Å². The van der Waals surface area contributed by atoms with Crippen molar-refractivity contribution >= 4 is 20.2 Å². The maximum atomic E-state index is 13.2. The molecular formula is C10H8F5O7S2-. The molecule has 0 aliphatic rings. The molecule has 0 saturated heterocycles. The van der Waals surface area contributed by atoms with E-state index in [-0.39, 0.29) is 5.75 Å². The first kappa shape index (κ1) is 20.5. The number of alkyl halides is 5. The minimum Gasteiger partial charge on any atom is -0.743 e. The summed E-state index contributed by atoms with van der Waals surface area (Å²) in [5.74, 6) is 0.0915. The van der Waals surface area contributed by atoms with Crippen LogP contribution in [-0.2, 0) is 24.4 Å². The van der Waals surface area contributed by atoms with E-state index in [1.807, 2.05) is 0 Å². The van der Waals surface area contributed by atoms with Crippen LogP contribution in [0.2, 0.25) is 0 Å². The van der Waals surface area contributed by atoms with Crippen LogP contribution >= 0.6 is 0 Å². The first-order valence-corrected chi connectivity index (χ1v) is 8.42. The van der Waals surface area contributed by atoms with Crippen molar-refractivity contribution in [1.29, 1.82) is 0 Å². The van der Waals surface area contributed by atoms with Gasteiger partial charge in [-0.25, -0.2) is 12.6 Å². The maximum absolute atomic E-state index is 13.2. The van der Waals surface area contributed by atoms with E-state index in [2.05, 4.69) is 8.92 Å². The second-order valence-electron chi connectivity index (χ2n) is 4.16. The predicted octanol–water partition coefficient (Wildman–Crippen LogP) is 1.47. The Bertz CT molecular complexity index is 784. The van der Waals surface area contributed by atoms with Gasteiger partial charge in [0, 0.05) is 0 Å². The molecule has 7 nitrogen and oxygen atoms in total. The van der Waals surface area contributed by atoms with E-state index < -0.39 is 42.7 Å². The number of ether oxygens (including phenoxy) is 1. The monoisotopic (exact) mass is 399 g/mol. The van der Waals surface area contributed by atoms with E-state index in [9.17, 15) is 43.3 Å². The number of benzene rings is 1. The minimum atomic E-state index is -6.86. The molecule has 1 atom stereocenters. The Hall–Kier alpha value is -1.51. The average Bonchev–Trinajstić information content (AvgIpc) is 2.42. The highest BCUT2D eigenvalue weighted by molar-refractivity contribution is 7.87. The van der Waals surface area contributed by atoms with E-state index in [1.54, 1.807) is 0 Å². The molecule has 0 radical (unpaired) electrons. The number of rotatable bonds is 6. The summed E-state index contributed by atoms with van der Waals surface area (Å²) in [5, 5.41) is -6.06. The predicted molar refractivity (Wildman–Crippen MR) is 65.8 cm³/mol. The Morgan fingerprint density at radius 1 is 1.00 bits per heavy atom. The van der Waals surface area contributed by atoms with Gasteiger partial charge in [-0.15, -0.1) is 0 Å². The van der Waals surface area contributed by atoms with Crippen LogP contribution in [0.1, 0.15) is 0 Å². The van der Waals surface area contributed by atoms with Gasteiger partial charge in [-0.05, 0) is 24.3 Å². The zero-order valence-corrected chi connectivity index (χ0v) is 13.1. The Labute approximate surface area is 132 Å². The third kappa shape index (κ3) is 4.31. The van der Waals surface area contributed by atoms with Crippen LogP contribution in [0, 0.1) is 0 Å². The van der Waals surface area contributed by atoms with Crippen LogP contribution in [0.15, 0.2) is 29.2 Å². The molecule has 0 N–H and O–H groups in total. The lowest BCUT2D eigenvalue weighted by atomic mass is 10.3. The zero-order valence-electron chi connectivity index (χ0n) is 11.5. The molecule has 1 unspecified atom stereocenters. The summed E-state index contributed by atoms with van der Waals surface area (Å²) >= 11 is 0. The number of halogens is 5. The highest BCUT2D eigenvalue weighted by atomic mass is 32.2. The largest absolute Gasteiger partial charge is 0.743 e. The molecule has 138 valence electrons. The van der Waals surface area contributed by atoms with E-state index in [0.717, 1.165) is 12.1 Å². The molecule has 0 aliphatic heterocycles. The third-order valence-electron chi connectivity index (χ3n) is 2.51. The highest BCUT2D eigenvalue weighted by Gasteiger charge is 2.63. The molecule has 0 aliphatic carbocycles. The summed E-state index contributed by atoms with van der Waals surface area (Å²) in [6.07, 6.45) is -10.9. The molecule has 24 heavy (non-hydrogen) atoms. The van der Waals surface area contributed by atoms with Crippen molar-refractivity contribution in [3.63, 3.8) is 0 Å². The van der Waals surface area contributed by atoms with Gasteiger partial charge in [0.2, 0.25) is 6.10 Å². The average molecular weight is 399 g/mol. The van der Waals surface area contributed by atoms with E-state index in [0.29, 0.717) is 12.1 Å². The first-order chi connectivity index (χ1) is 10.6. The number of hydrogen-bond acceptors (Lipinski definition) is 7. The molecule has 1 rings (SSSR count). The fourth-order valence-corrected chi connectivity index (χ4v) is 2.93. The molecule has 1 aromatic carbocycles. The minimum absolute atomic E-state index is 0.0915. The highest BCUT2D eigenvalue weighted by Crippen LogP contribution is 2.39. The summed E-state index contributed by atoms with van der Waals surface area (Å²) in [6.45, 7) is 0. The van der Waals surface area contributed by atoms with Crippen molar-refractivity contribution in [2.45, 2.75) is 22.4 Å². The quantitative estimate of drug-likeness (QED) is 0.405. The number of methoxy groups -OCH3 is 1. The summed E-state index contributed by atoms with van der Waals surface area (Å²) in [7, 11) is -11.1. The standard InChI is InChI=1S/C10H9F5O7S2/c1-21-6-2-4-7(5-3-6)23(16,17)22-8(9(11,12)13)10(14,15)24(18,19)20/h2-5,8H,1H3,(H,18,19,20)/p-1. The van der Waals surface area contributed by atoms with Gasteiger partial charge in [-0.2, -0.15) is 30.4 Å². The van der Waals surface area contributed by atoms with E-state index >= 15 is 0 Å². The molecule has 1 aromatic rings. The summed E-state index contributed by atoms with van der Waals surface area (Å²) < 4.78 is 127. The van der Waals surface area contributed by atoms with Gasteiger partial charge >= 0.3 is 11.4 Å². The second-order valence-corrected chi connectivity index (χ2v) is 7.19. The van der Waals surface area contributed by atoms with Gasteiger partial charge in [0.1, 0.15) is 5.75 Å². The van der Waals surface area contributed by atoms with Gasteiger partial charge < -0.3 is 9.29 Å². The number of hydrogen-bond donors (Lipinski definition) is 0. The molecule has 0 amide bonds. The van der Waals surface area contributed by atoms with E-state index in [4.69, 9.17) is 0 Å². The summed E-state index contributed by atoms with van der Waals surface area (Å²) in [6, 6.07) is 3.29. The van der Waals surface area contributed by atoms with Crippen molar-refractivity contribution in [2.75, 3.05) is 7.11 Å². The summed E-state index contributed by atoms with van der Waals surface area (Å²) in [5.41, 5.74) is 0.